The largest absolute Gasteiger partial charge is 0.355 e. The predicted molar refractivity (Wildman–Crippen MR) is 116 cm³/mol. The zero-order chi connectivity index (χ0) is 21.4. The van der Waals surface area contributed by atoms with Gasteiger partial charge < -0.3 is 15.5 Å². The Morgan fingerprint density at radius 3 is 2.77 bits per heavy atom. The molecule has 2 N–H and O–H groups in total. The van der Waals surface area contributed by atoms with Crippen LogP contribution in [-0.4, -0.2) is 55.1 Å². The second-order valence-corrected chi connectivity index (χ2v) is 8.38. The maximum atomic E-state index is 12.8. The van der Waals surface area contributed by atoms with E-state index in [-0.39, 0.29) is 17.7 Å². The third-order valence-electron chi connectivity index (χ3n) is 5.18. The number of piperidine rings is 1. The second kappa shape index (κ2) is 7.87. The van der Waals surface area contributed by atoms with Crippen LogP contribution in [0.2, 0.25) is 0 Å². The van der Waals surface area contributed by atoms with Gasteiger partial charge in [-0.05, 0) is 53.6 Å². The zero-order valence-corrected chi connectivity index (χ0v) is 17.5. The Labute approximate surface area is 180 Å². The van der Waals surface area contributed by atoms with E-state index in [1.54, 1.807) is 6.07 Å². The lowest BCUT2D eigenvalue weighted by Crippen LogP contribution is -2.38. The van der Waals surface area contributed by atoms with E-state index in [2.05, 4.69) is 41.1 Å². The standard InChI is InChI=1S/C19H19N9O2S/c1-11(29)20-13-2-3-14-15(10-13)31-19(21-14)22-18(30)12-6-8-27(9-7-12)17-5-4-16-23-25-26-28(16)24-17/h2-5,10,12H,6-9H2,1H3,(H,20,29)(H,21,22,30). The number of amides is 2. The Morgan fingerprint density at radius 2 is 1.97 bits per heavy atom. The quantitative estimate of drug-likeness (QED) is 0.495. The predicted octanol–water partition coefficient (Wildman–Crippen LogP) is 1.94. The monoisotopic (exact) mass is 437 g/mol. The maximum Gasteiger partial charge on any atom is 0.229 e. The number of carbonyl (C=O) groups is 2. The number of nitrogens with zero attached hydrogens (tertiary/aromatic N) is 7. The molecule has 0 atom stereocenters. The fourth-order valence-electron chi connectivity index (χ4n) is 3.65. The minimum Gasteiger partial charge on any atom is -0.355 e. The summed E-state index contributed by atoms with van der Waals surface area (Å²) in [5.41, 5.74) is 2.09. The van der Waals surface area contributed by atoms with Crippen LogP contribution in [0.4, 0.5) is 16.6 Å². The number of rotatable bonds is 4. The van der Waals surface area contributed by atoms with Gasteiger partial charge in [-0.2, -0.15) is 0 Å². The fourth-order valence-corrected chi connectivity index (χ4v) is 4.55. The topological polar surface area (TPSA) is 130 Å². The Bertz CT molecular complexity index is 1280. The van der Waals surface area contributed by atoms with Gasteiger partial charge >= 0.3 is 0 Å². The Morgan fingerprint density at radius 1 is 1.13 bits per heavy atom. The number of tetrazole rings is 1. The van der Waals surface area contributed by atoms with Crippen molar-refractivity contribution in [3.63, 3.8) is 0 Å². The van der Waals surface area contributed by atoms with E-state index in [4.69, 9.17) is 0 Å². The van der Waals surface area contributed by atoms with Crippen molar-refractivity contribution in [2.75, 3.05) is 28.6 Å². The fraction of sp³-hybridized carbons (Fsp3) is 0.316. The van der Waals surface area contributed by atoms with E-state index < -0.39 is 0 Å². The smallest absolute Gasteiger partial charge is 0.229 e. The molecule has 1 aliphatic heterocycles. The van der Waals surface area contributed by atoms with Gasteiger partial charge in [0.05, 0.1) is 10.2 Å². The minimum atomic E-state index is -0.128. The van der Waals surface area contributed by atoms with Gasteiger partial charge in [0.15, 0.2) is 16.6 Å². The average molecular weight is 437 g/mol. The molecule has 5 rings (SSSR count). The summed E-state index contributed by atoms with van der Waals surface area (Å²) in [6.45, 7) is 2.91. The van der Waals surface area contributed by atoms with Crippen molar-refractivity contribution in [3.05, 3.63) is 30.3 Å². The SMILES string of the molecule is CC(=O)Nc1ccc2nc(NC(=O)C3CCN(c4ccc5nnnn5n4)CC3)sc2c1. The highest BCUT2D eigenvalue weighted by Gasteiger charge is 2.26. The highest BCUT2D eigenvalue weighted by atomic mass is 32.1. The van der Waals surface area contributed by atoms with Crippen molar-refractivity contribution >= 4 is 55.7 Å². The molecule has 0 unspecified atom stereocenters. The molecule has 3 aromatic heterocycles. The van der Waals surface area contributed by atoms with Gasteiger partial charge in [0, 0.05) is 31.6 Å². The lowest BCUT2D eigenvalue weighted by atomic mass is 9.96. The highest BCUT2D eigenvalue weighted by molar-refractivity contribution is 7.22. The van der Waals surface area contributed by atoms with Crippen LogP contribution in [0.3, 0.4) is 0 Å². The van der Waals surface area contributed by atoms with E-state index in [9.17, 15) is 9.59 Å². The number of carbonyl (C=O) groups excluding carboxylic acids is 2. The van der Waals surface area contributed by atoms with Gasteiger partial charge in [-0.1, -0.05) is 11.3 Å². The van der Waals surface area contributed by atoms with Gasteiger partial charge in [0.1, 0.15) is 0 Å². The van der Waals surface area contributed by atoms with Crippen LogP contribution in [0.1, 0.15) is 19.8 Å². The van der Waals surface area contributed by atoms with Gasteiger partial charge in [0.25, 0.3) is 0 Å². The summed E-state index contributed by atoms with van der Waals surface area (Å²) in [5, 5.41) is 22.0. The number of thiazole rings is 1. The van der Waals surface area contributed by atoms with E-state index >= 15 is 0 Å². The maximum absolute atomic E-state index is 12.8. The van der Waals surface area contributed by atoms with Crippen molar-refractivity contribution in [1.82, 2.24) is 30.2 Å². The molecule has 1 aromatic carbocycles. The van der Waals surface area contributed by atoms with Crippen LogP contribution < -0.4 is 15.5 Å². The number of hydrogen-bond acceptors (Lipinski definition) is 9. The van der Waals surface area contributed by atoms with Crippen molar-refractivity contribution in [2.24, 2.45) is 5.92 Å². The summed E-state index contributed by atoms with van der Waals surface area (Å²) < 4.78 is 2.30. The summed E-state index contributed by atoms with van der Waals surface area (Å²) in [4.78, 5) is 30.6. The molecule has 1 aliphatic rings. The molecule has 4 aromatic rings. The van der Waals surface area contributed by atoms with E-state index in [1.165, 1.54) is 22.9 Å². The molecule has 11 nitrogen and oxygen atoms in total. The van der Waals surface area contributed by atoms with Gasteiger partial charge in [0.2, 0.25) is 11.8 Å². The Balaban J connectivity index is 1.21. The van der Waals surface area contributed by atoms with Crippen LogP contribution in [0, 0.1) is 5.92 Å². The lowest BCUT2D eigenvalue weighted by molar-refractivity contribution is -0.120. The molecular formula is C19H19N9O2S. The minimum absolute atomic E-state index is 0.0234. The summed E-state index contributed by atoms with van der Waals surface area (Å²) in [5.74, 6) is 0.552. The summed E-state index contributed by atoms with van der Waals surface area (Å²) in [6.07, 6.45) is 1.44. The van der Waals surface area contributed by atoms with Crippen molar-refractivity contribution in [3.8, 4) is 0 Å². The van der Waals surface area contributed by atoms with Crippen molar-refractivity contribution in [1.29, 1.82) is 0 Å². The number of nitrogens with one attached hydrogen (secondary N) is 2. The number of fused-ring (bicyclic) bond motifs is 2. The first kappa shape index (κ1) is 19.3. The molecule has 1 saturated heterocycles. The molecule has 31 heavy (non-hydrogen) atoms. The molecule has 1 fully saturated rings. The molecule has 4 heterocycles. The molecule has 0 spiro atoms. The van der Waals surface area contributed by atoms with E-state index in [1.807, 2.05) is 24.3 Å². The van der Waals surface area contributed by atoms with E-state index in [0.717, 1.165) is 42.0 Å². The van der Waals surface area contributed by atoms with Crippen LogP contribution in [-0.2, 0) is 9.59 Å². The molecule has 12 heteroatoms. The van der Waals surface area contributed by atoms with Gasteiger partial charge in [-0.25, -0.2) is 4.98 Å². The van der Waals surface area contributed by atoms with Crippen LogP contribution >= 0.6 is 11.3 Å². The third-order valence-corrected chi connectivity index (χ3v) is 6.12. The zero-order valence-electron chi connectivity index (χ0n) is 16.6. The van der Waals surface area contributed by atoms with E-state index in [0.29, 0.717) is 16.5 Å². The summed E-state index contributed by atoms with van der Waals surface area (Å²) in [6, 6.07) is 9.20. The van der Waals surface area contributed by atoms with Crippen LogP contribution in [0.5, 0.6) is 0 Å². The Kier molecular flexibility index (Phi) is 4.90. The Hall–Kier alpha value is -3.67. The van der Waals surface area contributed by atoms with Crippen LogP contribution in [0.15, 0.2) is 30.3 Å². The molecule has 2 amide bonds. The molecule has 158 valence electrons. The number of anilines is 3. The molecule has 0 radical (unpaired) electrons. The number of hydrogen-bond donors (Lipinski definition) is 2. The average Bonchev–Trinajstić information content (AvgIpc) is 3.38. The van der Waals surface area contributed by atoms with Crippen molar-refractivity contribution in [2.45, 2.75) is 19.8 Å². The summed E-state index contributed by atoms with van der Waals surface area (Å²) in [7, 11) is 0. The van der Waals surface area contributed by atoms with Gasteiger partial charge in [-0.15, -0.1) is 14.8 Å². The second-order valence-electron chi connectivity index (χ2n) is 7.35. The number of aromatic nitrogens is 6. The summed E-state index contributed by atoms with van der Waals surface area (Å²) >= 11 is 1.39. The molecule has 0 bridgehead atoms. The first-order chi connectivity index (χ1) is 15.0. The van der Waals surface area contributed by atoms with Gasteiger partial charge in [-0.3, -0.25) is 9.59 Å². The number of benzene rings is 1. The van der Waals surface area contributed by atoms with Crippen LogP contribution in [0.25, 0.3) is 15.9 Å². The first-order valence-electron chi connectivity index (χ1n) is 9.84. The highest BCUT2D eigenvalue weighted by Crippen LogP contribution is 2.30. The normalized spacial score (nSPS) is 14.8. The molecule has 0 aliphatic carbocycles. The molecule has 0 saturated carbocycles. The third kappa shape index (κ3) is 4.01. The molecular weight excluding hydrogens is 418 g/mol. The lowest BCUT2D eigenvalue weighted by Gasteiger charge is -2.31. The van der Waals surface area contributed by atoms with Crippen molar-refractivity contribution < 1.29 is 9.59 Å². The first-order valence-corrected chi connectivity index (χ1v) is 10.7.